The third-order valence-corrected chi connectivity index (χ3v) is 7.19. The van der Waals surface area contributed by atoms with Crippen LogP contribution in [0.2, 0.25) is 0 Å². The van der Waals surface area contributed by atoms with Crippen LogP contribution in [-0.4, -0.2) is 105 Å². The number of piperazine rings is 1. The smallest absolute Gasteiger partial charge is 0.414 e. The predicted molar refractivity (Wildman–Crippen MR) is 145 cm³/mol. The van der Waals surface area contributed by atoms with E-state index in [-0.39, 0.29) is 63.1 Å². The molecule has 42 heavy (non-hydrogen) atoms. The Morgan fingerprint density at radius 3 is 2.60 bits per heavy atom. The molecule has 0 radical (unpaired) electrons. The number of ether oxygens (including phenoxy) is 2. The van der Waals surface area contributed by atoms with Crippen molar-refractivity contribution in [1.29, 1.82) is 0 Å². The largest absolute Gasteiger partial charge is 0.453 e. The Balaban J connectivity index is 1.16. The van der Waals surface area contributed by atoms with Gasteiger partial charge >= 0.3 is 12.2 Å². The van der Waals surface area contributed by atoms with Gasteiger partial charge in [0.25, 0.3) is 5.91 Å². The van der Waals surface area contributed by atoms with Gasteiger partial charge in [-0.1, -0.05) is 0 Å². The van der Waals surface area contributed by atoms with Gasteiger partial charge in [-0.05, 0) is 13.0 Å². The molecule has 224 valence electrons. The molecule has 2 fully saturated rings. The van der Waals surface area contributed by atoms with E-state index in [1.807, 2.05) is 0 Å². The average molecular weight is 589 g/mol. The molecule has 1 aromatic carbocycles. The molecule has 3 N–H and O–H groups in total. The first-order valence-corrected chi connectivity index (χ1v) is 13.3. The first-order chi connectivity index (χ1) is 20.2. The number of nitrogens with zero attached hydrogens (tertiary/aromatic N) is 5. The number of hydrogen-bond donors (Lipinski definition) is 3. The van der Waals surface area contributed by atoms with E-state index in [2.05, 4.69) is 25.8 Å². The minimum atomic E-state index is -0.872. The highest BCUT2D eigenvalue weighted by molar-refractivity contribution is 5.98. The third kappa shape index (κ3) is 5.83. The number of halogens is 2. The van der Waals surface area contributed by atoms with Crippen molar-refractivity contribution < 1.29 is 37.4 Å². The van der Waals surface area contributed by atoms with E-state index >= 15 is 8.78 Å². The number of hydrazine groups is 1. The SMILES string of the molecule is COC(=O)NC[C@H]1CN(c2cc(F)c(N3CCN(C(=O)[C@H](C)NC(=O)C4=C5N=CC=CN5NC4)CC3)c(F)c2)C(=O)O1. The van der Waals surface area contributed by atoms with Gasteiger partial charge in [-0.25, -0.2) is 28.8 Å². The van der Waals surface area contributed by atoms with Crippen LogP contribution < -0.4 is 25.9 Å². The van der Waals surface area contributed by atoms with E-state index in [1.54, 1.807) is 30.4 Å². The Morgan fingerprint density at radius 2 is 1.90 bits per heavy atom. The minimum absolute atomic E-state index is 0.0197. The number of carbonyl (C=O) groups excluding carboxylic acids is 4. The summed E-state index contributed by atoms with van der Waals surface area (Å²) in [5, 5.41) is 6.75. The maximum Gasteiger partial charge on any atom is 0.414 e. The van der Waals surface area contributed by atoms with Crippen molar-refractivity contribution in [3.63, 3.8) is 0 Å². The zero-order valence-corrected chi connectivity index (χ0v) is 22.9. The monoisotopic (exact) mass is 588 g/mol. The Kier molecular flexibility index (Phi) is 8.24. The van der Waals surface area contributed by atoms with Crippen molar-refractivity contribution in [2.24, 2.45) is 4.99 Å². The number of allylic oxidation sites excluding steroid dienone is 1. The number of hydrogen-bond acceptors (Lipinski definition) is 10. The molecule has 0 aliphatic carbocycles. The molecule has 5 rings (SSSR count). The van der Waals surface area contributed by atoms with Gasteiger partial charge in [0.05, 0.1) is 31.5 Å². The van der Waals surface area contributed by atoms with Gasteiger partial charge < -0.3 is 29.9 Å². The maximum absolute atomic E-state index is 15.2. The molecule has 4 aliphatic heterocycles. The average Bonchev–Trinajstić information content (AvgIpc) is 3.58. The second-order valence-corrected chi connectivity index (χ2v) is 9.88. The summed E-state index contributed by atoms with van der Waals surface area (Å²) in [6.45, 7) is 2.49. The number of anilines is 2. The van der Waals surface area contributed by atoms with Gasteiger partial charge in [0, 0.05) is 57.3 Å². The van der Waals surface area contributed by atoms with Crippen molar-refractivity contribution >= 4 is 41.6 Å². The lowest BCUT2D eigenvalue weighted by molar-refractivity contribution is -0.135. The lowest BCUT2D eigenvalue weighted by atomic mass is 10.1. The lowest BCUT2D eigenvalue weighted by Gasteiger charge is -2.37. The van der Waals surface area contributed by atoms with Gasteiger partial charge in [0.2, 0.25) is 5.91 Å². The topological polar surface area (TPSA) is 148 Å². The first kappa shape index (κ1) is 28.8. The fraction of sp³-hybridized carbons (Fsp3) is 0.423. The van der Waals surface area contributed by atoms with Crippen LogP contribution in [0.1, 0.15) is 6.92 Å². The molecule has 0 saturated carbocycles. The van der Waals surface area contributed by atoms with E-state index in [4.69, 9.17) is 4.74 Å². The summed E-state index contributed by atoms with van der Waals surface area (Å²) in [5.74, 6) is -2.01. The second-order valence-electron chi connectivity index (χ2n) is 9.88. The van der Waals surface area contributed by atoms with Crippen LogP contribution in [0.5, 0.6) is 0 Å². The molecule has 4 heterocycles. The number of methoxy groups -OCH3 is 1. The highest BCUT2D eigenvalue weighted by atomic mass is 19.1. The highest BCUT2D eigenvalue weighted by Gasteiger charge is 2.35. The van der Waals surface area contributed by atoms with Crippen LogP contribution in [0.25, 0.3) is 0 Å². The number of cyclic esters (lactones) is 1. The summed E-state index contributed by atoms with van der Waals surface area (Å²) < 4.78 is 40.0. The number of amides is 4. The summed E-state index contributed by atoms with van der Waals surface area (Å²) in [6, 6.07) is 1.27. The number of nitrogens with one attached hydrogen (secondary N) is 3. The van der Waals surface area contributed by atoms with Crippen LogP contribution in [0.15, 0.2) is 40.8 Å². The summed E-state index contributed by atoms with van der Waals surface area (Å²) in [6.07, 6.45) is 2.81. The number of aliphatic imine (C=N–C) groups is 1. The maximum atomic E-state index is 15.2. The van der Waals surface area contributed by atoms with Crippen LogP contribution in [0, 0.1) is 11.6 Å². The molecule has 16 heteroatoms. The molecule has 14 nitrogen and oxygen atoms in total. The molecule has 2 saturated heterocycles. The Hall–Kier alpha value is -4.73. The summed E-state index contributed by atoms with van der Waals surface area (Å²) in [7, 11) is 1.19. The molecule has 0 unspecified atom stereocenters. The molecule has 0 bridgehead atoms. The van der Waals surface area contributed by atoms with Crippen LogP contribution in [-0.2, 0) is 19.1 Å². The van der Waals surface area contributed by atoms with Crippen molar-refractivity contribution in [3.05, 3.63) is 47.4 Å². The highest BCUT2D eigenvalue weighted by Crippen LogP contribution is 2.31. The Morgan fingerprint density at radius 1 is 1.19 bits per heavy atom. The molecule has 4 aliphatic rings. The third-order valence-electron chi connectivity index (χ3n) is 7.19. The molecule has 0 aromatic heterocycles. The molecular formula is C26H30F2N8O6. The molecule has 4 amide bonds. The van der Waals surface area contributed by atoms with Gasteiger partial charge in [-0.15, -0.1) is 0 Å². The lowest BCUT2D eigenvalue weighted by Crippen LogP contribution is -2.54. The normalized spacial score (nSPS) is 20.5. The van der Waals surface area contributed by atoms with E-state index in [0.717, 1.165) is 17.0 Å². The summed E-state index contributed by atoms with van der Waals surface area (Å²) >= 11 is 0. The van der Waals surface area contributed by atoms with Crippen molar-refractivity contribution in [2.75, 3.05) is 62.7 Å². The molecule has 2 atom stereocenters. The van der Waals surface area contributed by atoms with E-state index in [0.29, 0.717) is 11.4 Å². The first-order valence-electron chi connectivity index (χ1n) is 13.3. The van der Waals surface area contributed by atoms with Crippen molar-refractivity contribution in [3.8, 4) is 0 Å². The van der Waals surface area contributed by atoms with Gasteiger partial charge in [0.1, 0.15) is 17.8 Å². The fourth-order valence-corrected chi connectivity index (χ4v) is 5.03. The van der Waals surface area contributed by atoms with E-state index < -0.39 is 41.9 Å². The molecule has 1 aromatic rings. The van der Waals surface area contributed by atoms with Gasteiger partial charge in [0.15, 0.2) is 17.5 Å². The van der Waals surface area contributed by atoms with Crippen LogP contribution in [0.4, 0.5) is 29.7 Å². The predicted octanol–water partition coefficient (Wildman–Crippen LogP) is 0.429. The number of benzene rings is 1. The Labute approximate surface area is 239 Å². The van der Waals surface area contributed by atoms with Crippen molar-refractivity contribution in [2.45, 2.75) is 19.1 Å². The van der Waals surface area contributed by atoms with Crippen LogP contribution >= 0.6 is 0 Å². The zero-order chi connectivity index (χ0) is 30.0. The fourth-order valence-electron chi connectivity index (χ4n) is 5.03. The van der Waals surface area contributed by atoms with E-state index in [9.17, 15) is 19.2 Å². The zero-order valence-electron chi connectivity index (χ0n) is 22.9. The van der Waals surface area contributed by atoms with E-state index in [1.165, 1.54) is 16.9 Å². The number of fused-ring (bicyclic) bond motifs is 1. The molecule has 0 spiro atoms. The van der Waals surface area contributed by atoms with Gasteiger partial charge in [-0.3, -0.25) is 19.5 Å². The second kappa shape index (κ2) is 12.0. The minimum Gasteiger partial charge on any atom is -0.453 e. The van der Waals surface area contributed by atoms with Gasteiger partial charge in [-0.2, -0.15) is 0 Å². The number of rotatable bonds is 7. The standard InChI is InChI=1S/C26H30F2N8O6/c1-15(32-23(37)18-13-31-36-5-3-4-29-22(18)36)24(38)34-8-6-33(7-9-34)21-19(27)10-16(11-20(21)28)35-14-17(42-26(35)40)12-30-25(39)41-2/h3-5,10-11,15,17,31H,6-9,12-14H2,1-2H3,(H,30,39)(H,32,37)/t15-,17-/m0/s1. The van der Waals surface area contributed by atoms with Crippen molar-refractivity contribution in [1.82, 2.24) is 26.0 Å². The number of carbonyl (C=O) groups is 4. The molecular weight excluding hydrogens is 558 g/mol. The number of alkyl carbamates (subject to hydrolysis) is 1. The summed E-state index contributed by atoms with van der Waals surface area (Å²) in [5.41, 5.74) is 3.13. The Bertz CT molecular complexity index is 1350. The summed E-state index contributed by atoms with van der Waals surface area (Å²) in [4.78, 5) is 57.7. The quantitative estimate of drug-likeness (QED) is 0.413. The van der Waals surface area contributed by atoms with Crippen LogP contribution in [0.3, 0.4) is 0 Å².